The predicted octanol–water partition coefficient (Wildman–Crippen LogP) is 2.82. The van der Waals surface area contributed by atoms with Crippen molar-refractivity contribution >= 4 is 0 Å². The Balaban J connectivity index is 3.20. The summed E-state index contributed by atoms with van der Waals surface area (Å²) in [5, 5.41) is 0. The van der Waals surface area contributed by atoms with Gasteiger partial charge in [-0.1, -0.05) is 6.92 Å². The number of ether oxygens (including phenoxy) is 2. The van der Waals surface area contributed by atoms with Gasteiger partial charge in [0, 0.05) is 18.2 Å². The molecule has 1 rings (SSSR count). The average molecular weight is 280 g/mol. The molecule has 0 saturated carbocycles. The van der Waals surface area contributed by atoms with Gasteiger partial charge < -0.3 is 15.2 Å². The van der Waals surface area contributed by atoms with Gasteiger partial charge in [0.2, 0.25) is 0 Å². The topological polar surface area (TPSA) is 47.7 Å². The average Bonchev–Trinajstić information content (AvgIpc) is 2.46. The summed E-state index contributed by atoms with van der Waals surface area (Å²) < 4.78 is 10.8. The summed E-state index contributed by atoms with van der Waals surface area (Å²) in [4.78, 5) is 2.41. The predicted molar refractivity (Wildman–Crippen MR) is 83.5 cm³/mol. The van der Waals surface area contributed by atoms with Gasteiger partial charge in [-0.05, 0) is 45.0 Å². The zero-order valence-electron chi connectivity index (χ0n) is 13.3. The van der Waals surface area contributed by atoms with Crippen LogP contribution in [0.15, 0.2) is 18.2 Å². The molecule has 1 atom stereocenters. The van der Waals surface area contributed by atoms with Crippen molar-refractivity contribution in [1.29, 1.82) is 0 Å². The van der Waals surface area contributed by atoms with E-state index in [1.165, 1.54) is 0 Å². The third kappa shape index (κ3) is 3.87. The third-order valence-electron chi connectivity index (χ3n) is 3.56. The summed E-state index contributed by atoms with van der Waals surface area (Å²) in [6.07, 6.45) is 1.10. The van der Waals surface area contributed by atoms with Crippen molar-refractivity contribution in [3.05, 3.63) is 23.8 Å². The zero-order chi connectivity index (χ0) is 15.1. The molecule has 0 amide bonds. The Labute approximate surface area is 122 Å². The Kier molecular flexibility index (Phi) is 6.82. The Bertz CT molecular complexity index is 407. The Morgan fingerprint density at radius 2 is 1.90 bits per heavy atom. The zero-order valence-corrected chi connectivity index (χ0v) is 13.3. The summed E-state index contributed by atoms with van der Waals surface area (Å²) in [6, 6.07) is 6.46. The summed E-state index contributed by atoms with van der Waals surface area (Å²) in [5.74, 6) is 1.70. The first-order chi connectivity index (χ1) is 9.58. The van der Waals surface area contributed by atoms with E-state index < -0.39 is 0 Å². The monoisotopic (exact) mass is 280 g/mol. The van der Waals surface area contributed by atoms with E-state index in [0.29, 0.717) is 12.6 Å². The van der Waals surface area contributed by atoms with Gasteiger partial charge in [-0.15, -0.1) is 0 Å². The summed E-state index contributed by atoms with van der Waals surface area (Å²) in [6.45, 7) is 8.16. The maximum atomic E-state index is 6.05. The molecule has 0 aliphatic rings. The van der Waals surface area contributed by atoms with Gasteiger partial charge in [0.05, 0.1) is 20.3 Å². The van der Waals surface area contributed by atoms with Crippen molar-refractivity contribution in [2.75, 3.05) is 27.3 Å². The molecule has 20 heavy (non-hydrogen) atoms. The highest BCUT2D eigenvalue weighted by molar-refractivity contribution is 5.42. The molecule has 1 aromatic rings. The second kappa shape index (κ2) is 8.12. The van der Waals surface area contributed by atoms with Crippen LogP contribution in [-0.2, 0) is 0 Å². The molecule has 0 spiro atoms. The van der Waals surface area contributed by atoms with Crippen LogP contribution in [0.5, 0.6) is 11.5 Å². The minimum absolute atomic E-state index is 0.139. The van der Waals surface area contributed by atoms with E-state index in [9.17, 15) is 0 Å². The van der Waals surface area contributed by atoms with Crippen molar-refractivity contribution in [1.82, 2.24) is 4.90 Å². The molecule has 4 heteroatoms. The minimum atomic E-state index is 0.139. The van der Waals surface area contributed by atoms with Crippen LogP contribution < -0.4 is 15.2 Å². The van der Waals surface area contributed by atoms with Crippen LogP contribution >= 0.6 is 0 Å². The first kappa shape index (κ1) is 16.8. The maximum absolute atomic E-state index is 6.05. The van der Waals surface area contributed by atoms with Crippen molar-refractivity contribution in [3.8, 4) is 11.5 Å². The van der Waals surface area contributed by atoms with Crippen LogP contribution in [0, 0.1) is 0 Å². The van der Waals surface area contributed by atoms with Gasteiger partial charge in [-0.2, -0.15) is 0 Å². The van der Waals surface area contributed by atoms with Gasteiger partial charge in [-0.3, -0.25) is 4.90 Å². The number of hydrogen-bond donors (Lipinski definition) is 1. The molecule has 0 bridgehead atoms. The van der Waals surface area contributed by atoms with Crippen LogP contribution in [0.4, 0.5) is 0 Å². The first-order valence-corrected chi connectivity index (χ1v) is 7.26. The lowest BCUT2D eigenvalue weighted by Crippen LogP contribution is -2.39. The highest BCUT2D eigenvalue weighted by Crippen LogP contribution is 2.33. The summed E-state index contributed by atoms with van der Waals surface area (Å²) in [7, 11) is 3.37. The largest absolute Gasteiger partial charge is 0.497 e. The van der Waals surface area contributed by atoms with Gasteiger partial charge in [0.15, 0.2) is 0 Å². The molecule has 1 unspecified atom stereocenters. The van der Waals surface area contributed by atoms with E-state index in [-0.39, 0.29) is 6.04 Å². The Morgan fingerprint density at radius 1 is 1.20 bits per heavy atom. The van der Waals surface area contributed by atoms with Crippen molar-refractivity contribution in [2.24, 2.45) is 5.73 Å². The van der Waals surface area contributed by atoms with Crippen LogP contribution in [0.1, 0.15) is 38.8 Å². The van der Waals surface area contributed by atoms with Gasteiger partial charge in [-0.25, -0.2) is 0 Å². The second-order valence-corrected chi connectivity index (χ2v) is 5.19. The standard InChI is InChI=1S/C16H28N2O2/c1-6-9-18(12(2)3)15(11-17)14-10-13(19-4)7-8-16(14)20-5/h7-8,10,12,15H,6,9,11,17H2,1-5H3. The number of nitrogens with two attached hydrogens (primary N) is 1. The van der Waals surface area contributed by atoms with Crippen LogP contribution in [0.2, 0.25) is 0 Å². The van der Waals surface area contributed by atoms with E-state index in [4.69, 9.17) is 15.2 Å². The van der Waals surface area contributed by atoms with Crippen molar-refractivity contribution in [2.45, 2.75) is 39.3 Å². The molecular weight excluding hydrogens is 252 g/mol. The quantitative estimate of drug-likeness (QED) is 0.795. The molecule has 2 N–H and O–H groups in total. The van der Waals surface area contributed by atoms with Gasteiger partial charge in [0.25, 0.3) is 0 Å². The Morgan fingerprint density at radius 3 is 2.35 bits per heavy atom. The number of benzene rings is 1. The highest BCUT2D eigenvalue weighted by atomic mass is 16.5. The molecule has 1 aromatic carbocycles. The van der Waals surface area contributed by atoms with Gasteiger partial charge in [0.1, 0.15) is 11.5 Å². The van der Waals surface area contributed by atoms with Crippen LogP contribution in [0.25, 0.3) is 0 Å². The van der Waals surface area contributed by atoms with E-state index in [1.54, 1.807) is 14.2 Å². The summed E-state index contributed by atoms with van der Waals surface area (Å²) in [5.41, 5.74) is 7.14. The highest BCUT2D eigenvalue weighted by Gasteiger charge is 2.24. The molecule has 4 nitrogen and oxygen atoms in total. The van der Waals surface area contributed by atoms with E-state index in [2.05, 4.69) is 25.7 Å². The smallest absolute Gasteiger partial charge is 0.123 e. The number of rotatable bonds is 8. The molecule has 0 radical (unpaired) electrons. The fraction of sp³-hybridized carbons (Fsp3) is 0.625. The van der Waals surface area contributed by atoms with Crippen LogP contribution in [0.3, 0.4) is 0 Å². The first-order valence-electron chi connectivity index (χ1n) is 7.26. The molecule has 0 saturated heterocycles. The van der Waals surface area contributed by atoms with Crippen molar-refractivity contribution < 1.29 is 9.47 Å². The summed E-state index contributed by atoms with van der Waals surface area (Å²) >= 11 is 0. The van der Waals surface area contributed by atoms with Crippen LogP contribution in [-0.4, -0.2) is 38.3 Å². The lowest BCUT2D eigenvalue weighted by molar-refractivity contribution is 0.154. The maximum Gasteiger partial charge on any atom is 0.123 e. The molecule has 0 aliphatic carbocycles. The Hall–Kier alpha value is -1.26. The lowest BCUT2D eigenvalue weighted by Gasteiger charge is -2.35. The normalized spacial score (nSPS) is 12.8. The number of hydrogen-bond acceptors (Lipinski definition) is 4. The molecular formula is C16H28N2O2. The number of methoxy groups -OCH3 is 2. The van der Waals surface area contributed by atoms with E-state index >= 15 is 0 Å². The van der Waals surface area contributed by atoms with Gasteiger partial charge >= 0.3 is 0 Å². The molecule has 0 fully saturated rings. The number of nitrogens with zero attached hydrogens (tertiary/aromatic N) is 1. The molecule has 0 aliphatic heterocycles. The molecule has 0 aromatic heterocycles. The van der Waals surface area contributed by atoms with E-state index in [0.717, 1.165) is 30.0 Å². The second-order valence-electron chi connectivity index (χ2n) is 5.19. The lowest BCUT2D eigenvalue weighted by atomic mass is 10.0. The van der Waals surface area contributed by atoms with Crippen molar-refractivity contribution in [3.63, 3.8) is 0 Å². The fourth-order valence-electron chi connectivity index (χ4n) is 2.57. The SMILES string of the molecule is CCCN(C(C)C)C(CN)c1cc(OC)ccc1OC. The molecule has 0 heterocycles. The molecule has 114 valence electrons. The minimum Gasteiger partial charge on any atom is -0.497 e. The fourth-order valence-corrected chi connectivity index (χ4v) is 2.57. The third-order valence-corrected chi connectivity index (χ3v) is 3.56. The van der Waals surface area contributed by atoms with E-state index in [1.807, 2.05) is 18.2 Å².